The van der Waals surface area contributed by atoms with E-state index in [0.29, 0.717) is 11.8 Å². The predicted octanol–water partition coefficient (Wildman–Crippen LogP) is 3.46. The van der Waals surface area contributed by atoms with Crippen molar-refractivity contribution in [3.8, 4) is 0 Å². The number of nitrogens with zero attached hydrogens (tertiary/aromatic N) is 1. The van der Waals surface area contributed by atoms with Crippen molar-refractivity contribution in [3.05, 3.63) is 65.0 Å². The first-order chi connectivity index (χ1) is 13.4. The van der Waals surface area contributed by atoms with E-state index in [1.807, 2.05) is 0 Å². The minimum absolute atomic E-state index is 0.115. The molecule has 0 saturated heterocycles. The van der Waals surface area contributed by atoms with Gasteiger partial charge in [0, 0.05) is 0 Å². The van der Waals surface area contributed by atoms with Gasteiger partial charge in [-0.3, -0.25) is 19.3 Å². The van der Waals surface area contributed by atoms with Gasteiger partial charge < -0.3 is 5.32 Å². The molecule has 9 heteroatoms. The van der Waals surface area contributed by atoms with E-state index in [-0.39, 0.29) is 17.5 Å². The highest BCUT2D eigenvalue weighted by Crippen LogP contribution is 2.27. The number of rotatable bonds is 6. The van der Waals surface area contributed by atoms with Crippen LogP contribution in [-0.2, 0) is 4.79 Å². The largest absolute Gasteiger partial charge is 0.322 e. The second kappa shape index (κ2) is 8.05. The van der Waals surface area contributed by atoms with Gasteiger partial charge in [-0.1, -0.05) is 12.1 Å². The third-order valence-electron chi connectivity index (χ3n) is 4.33. The lowest BCUT2D eigenvalue weighted by Gasteiger charge is -2.25. The van der Waals surface area contributed by atoms with Crippen LogP contribution in [0.2, 0.25) is 0 Å². The molecule has 1 aliphatic heterocycles. The molecule has 1 atom stereocenters. The highest BCUT2D eigenvalue weighted by atomic mass is 32.2. The summed E-state index contributed by atoms with van der Waals surface area (Å²) < 4.78 is 40.4. The van der Waals surface area contributed by atoms with Crippen molar-refractivity contribution in [1.29, 1.82) is 0 Å². The van der Waals surface area contributed by atoms with Crippen molar-refractivity contribution in [1.82, 2.24) is 4.90 Å². The summed E-state index contributed by atoms with van der Waals surface area (Å²) in [6.07, 6.45) is 1.90. The van der Waals surface area contributed by atoms with Gasteiger partial charge in [-0.25, -0.2) is 13.2 Å². The molecule has 2 aromatic carbocycles. The van der Waals surface area contributed by atoms with Gasteiger partial charge in [0.2, 0.25) is 5.91 Å². The van der Waals surface area contributed by atoms with E-state index in [1.54, 1.807) is 18.4 Å². The predicted molar refractivity (Wildman–Crippen MR) is 98.7 cm³/mol. The molecular formula is C19H15F3N2O3S. The summed E-state index contributed by atoms with van der Waals surface area (Å²) in [5.41, 5.74) is -0.225. The molecule has 1 heterocycles. The van der Waals surface area contributed by atoms with Crippen LogP contribution in [0.3, 0.4) is 0 Å². The Hall–Kier alpha value is -2.81. The molecule has 3 rings (SSSR count). The zero-order valence-corrected chi connectivity index (χ0v) is 15.5. The van der Waals surface area contributed by atoms with Crippen LogP contribution in [0.15, 0.2) is 36.4 Å². The van der Waals surface area contributed by atoms with Crippen LogP contribution in [0.5, 0.6) is 0 Å². The van der Waals surface area contributed by atoms with E-state index in [2.05, 4.69) is 5.32 Å². The standard InChI is InChI=1S/C19H15F3N2O3S/c1-28-9-8-14(17(25)23-13-7-6-12(20)15(21)16(13)22)24-18(26)10-4-2-3-5-11(10)19(24)27/h2-7,14H,8-9H2,1H3,(H,23,25)/t14-/m1/s1. The number of fused-ring (bicyclic) bond motifs is 1. The maximum absolute atomic E-state index is 13.9. The van der Waals surface area contributed by atoms with E-state index >= 15 is 0 Å². The lowest BCUT2D eigenvalue weighted by molar-refractivity contribution is -0.120. The first kappa shape index (κ1) is 19.9. The summed E-state index contributed by atoms with van der Waals surface area (Å²) in [7, 11) is 0. The lowest BCUT2D eigenvalue weighted by atomic mass is 10.1. The Bertz CT molecular complexity index is 932. The van der Waals surface area contributed by atoms with Gasteiger partial charge in [-0.15, -0.1) is 0 Å². The topological polar surface area (TPSA) is 66.5 Å². The molecule has 1 N–H and O–H groups in total. The van der Waals surface area contributed by atoms with Crippen LogP contribution >= 0.6 is 11.8 Å². The molecule has 0 aliphatic carbocycles. The molecule has 1 aliphatic rings. The molecule has 146 valence electrons. The monoisotopic (exact) mass is 408 g/mol. The second-order valence-electron chi connectivity index (χ2n) is 6.04. The van der Waals surface area contributed by atoms with Crippen molar-refractivity contribution in [2.24, 2.45) is 0 Å². The van der Waals surface area contributed by atoms with E-state index < -0.39 is 46.9 Å². The van der Waals surface area contributed by atoms with Gasteiger partial charge in [-0.2, -0.15) is 11.8 Å². The van der Waals surface area contributed by atoms with Crippen LogP contribution < -0.4 is 5.32 Å². The second-order valence-corrected chi connectivity index (χ2v) is 7.02. The Balaban J connectivity index is 1.91. The highest BCUT2D eigenvalue weighted by Gasteiger charge is 2.42. The number of thioether (sulfide) groups is 1. The van der Waals surface area contributed by atoms with Crippen LogP contribution in [-0.4, -0.2) is 40.7 Å². The molecule has 0 aromatic heterocycles. The first-order valence-corrected chi connectivity index (χ1v) is 9.66. The molecule has 0 spiro atoms. The summed E-state index contributed by atoms with van der Waals surface area (Å²) in [5.74, 6) is -6.37. The summed E-state index contributed by atoms with van der Waals surface area (Å²) in [6, 6.07) is 6.48. The van der Waals surface area contributed by atoms with Gasteiger partial charge in [-0.05, 0) is 42.7 Å². The van der Waals surface area contributed by atoms with Crippen molar-refractivity contribution >= 4 is 35.2 Å². The number of hydrogen-bond donors (Lipinski definition) is 1. The average molecular weight is 408 g/mol. The average Bonchev–Trinajstić information content (AvgIpc) is 2.94. The number of anilines is 1. The minimum atomic E-state index is -1.72. The third-order valence-corrected chi connectivity index (χ3v) is 4.97. The molecule has 0 bridgehead atoms. The Labute approximate surface area is 162 Å². The number of carbonyl (C=O) groups excluding carboxylic acids is 3. The van der Waals surface area contributed by atoms with E-state index in [0.717, 1.165) is 11.0 Å². The van der Waals surface area contributed by atoms with Gasteiger partial charge >= 0.3 is 0 Å². The van der Waals surface area contributed by atoms with Crippen molar-refractivity contribution in [3.63, 3.8) is 0 Å². The summed E-state index contributed by atoms with van der Waals surface area (Å²) >= 11 is 1.39. The SMILES string of the molecule is CSCC[C@H](C(=O)Nc1ccc(F)c(F)c1F)N1C(=O)c2ccccc2C1=O. The van der Waals surface area contributed by atoms with Crippen LogP contribution in [0.1, 0.15) is 27.1 Å². The molecule has 5 nitrogen and oxygen atoms in total. The third kappa shape index (κ3) is 3.49. The minimum Gasteiger partial charge on any atom is -0.322 e. The molecule has 0 radical (unpaired) electrons. The number of halogens is 3. The van der Waals surface area contributed by atoms with Crippen molar-refractivity contribution in [2.45, 2.75) is 12.5 Å². The number of carbonyl (C=O) groups is 3. The fourth-order valence-electron chi connectivity index (χ4n) is 2.94. The number of imide groups is 1. The molecule has 0 saturated carbocycles. The Morgan fingerprint density at radius 2 is 1.64 bits per heavy atom. The maximum atomic E-state index is 13.9. The summed E-state index contributed by atoms with van der Waals surface area (Å²) in [5, 5.41) is 2.16. The normalized spacial score (nSPS) is 14.2. The van der Waals surface area contributed by atoms with Gasteiger partial charge in [0.15, 0.2) is 17.5 Å². The van der Waals surface area contributed by atoms with E-state index in [4.69, 9.17) is 0 Å². The Morgan fingerprint density at radius 1 is 1.04 bits per heavy atom. The Morgan fingerprint density at radius 3 is 2.21 bits per heavy atom. The summed E-state index contributed by atoms with van der Waals surface area (Å²) in [4.78, 5) is 38.9. The van der Waals surface area contributed by atoms with Crippen LogP contribution in [0.25, 0.3) is 0 Å². The van der Waals surface area contributed by atoms with Gasteiger partial charge in [0.25, 0.3) is 11.8 Å². The smallest absolute Gasteiger partial charge is 0.262 e. The molecule has 0 unspecified atom stereocenters. The molecule has 0 fully saturated rings. The quantitative estimate of drug-likeness (QED) is 0.587. The van der Waals surface area contributed by atoms with Gasteiger partial charge in [0.1, 0.15) is 6.04 Å². The zero-order valence-electron chi connectivity index (χ0n) is 14.7. The maximum Gasteiger partial charge on any atom is 0.262 e. The zero-order chi connectivity index (χ0) is 20.4. The first-order valence-electron chi connectivity index (χ1n) is 8.27. The lowest BCUT2D eigenvalue weighted by Crippen LogP contribution is -2.47. The number of amides is 3. The molecule has 2 aromatic rings. The van der Waals surface area contributed by atoms with Crippen molar-refractivity contribution in [2.75, 3.05) is 17.3 Å². The number of hydrogen-bond acceptors (Lipinski definition) is 4. The fraction of sp³-hybridized carbons (Fsp3) is 0.211. The Kier molecular flexibility index (Phi) is 5.73. The van der Waals surface area contributed by atoms with Crippen molar-refractivity contribution < 1.29 is 27.6 Å². The van der Waals surface area contributed by atoms with E-state index in [1.165, 1.54) is 23.9 Å². The highest BCUT2D eigenvalue weighted by molar-refractivity contribution is 7.98. The molecule has 3 amide bonds. The van der Waals surface area contributed by atoms with E-state index in [9.17, 15) is 27.6 Å². The fourth-order valence-corrected chi connectivity index (χ4v) is 3.40. The van der Waals surface area contributed by atoms with Gasteiger partial charge in [0.05, 0.1) is 16.8 Å². The molecule has 28 heavy (non-hydrogen) atoms. The molecular weight excluding hydrogens is 393 g/mol. The number of nitrogens with one attached hydrogen (secondary N) is 1. The summed E-state index contributed by atoms with van der Waals surface area (Å²) in [6.45, 7) is 0. The van der Waals surface area contributed by atoms with Crippen LogP contribution in [0.4, 0.5) is 18.9 Å². The van der Waals surface area contributed by atoms with Crippen LogP contribution in [0, 0.1) is 17.5 Å². The number of benzene rings is 2.